The third kappa shape index (κ3) is 5.20. The van der Waals surface area contributed by atoms with E-state index in [4.69, 9.17) is 4.74 Å². The molecule has 27 heavy (non-hydrogen) atoms. The van der Waals surface area contributed by atoms with Crippen LogP contribution in [0.1, 0.15) is 17.7 Å². The van der Waals surface area contributed by atoms with E-state index in [2.05, 4.69) is 20.8 Å². The molecule has 1 aromatic heterocycles. The number of sulfonamides is 1. The third-order valence-corrected chi connectivity index (χ3v) is 5.85. The molecule has 1 heterocycles. The Bertz CT molecular complexity index is 892. The van der Waals surface area contributed by atoms with Crippen LogP contribution in [0.25, 0.3) is 0 Å². The van der Waals surface area contributed by atoms with E-state index in [0.717, 1.165) is 28.4 Å². The summed E-state index contributed by atoms with van der Waals surface area (Å²) in [6, 6.07) is 3.89. The van der Waals surface area contributed by atoms with E-state index in [1.807, 2.05) is 6.92 Å². The number of methoxy groups -OCH3 is 1. The van der Waals surface area contributed by atoms with E-state index in [-0.39, 0.29) is 10.6 Å². The zero-order valence-electron chi connectivity index (χ0n) is 15.9. The molecule has 2 aromatic rings. The standard InChI is InChI=1S/C17H25N5O4S/c1-12-13(11-19-21-12)6-5-9-18-17(23)20-15-10-14(7-8-16(15)26-4)27(24,25)22(2)3/h7-8,10-11H,5-6,9H2,1-4H3,(H,19,21)(H2,18,20,23). The molecule has 0 atom stereocenters. The van der Waals surface area contributed by atoms with Gasteiger partial charge in [-0.15, -0.1) is 0 Å². The van der Waals surface area contributed by atoms with E-state index >= 15 is 0 Å². The van der Waals surface area contributed by atoms with E-state index in [0.29, 0.717) is 12.3 Å². The number of hydrogen-bond donors (Lipinski definition) is 3. The summed E-state index contributed by atoms with van der Waals surface area (Å²) in [6.07, 6.45) is 3.32. The Morgan fingerprint density at radius 2 is 2.07 bits per heavy atom. The van der Waals surface area contributed by atoms with Crippen molar-refractivity contribution in [3.63, 3.8) is 0 Å². The van der Waals surface area contributed by atoms with Crippen LogP contribution in [0.15, 0.2) is 29.3 Å². The highest BCUT2D eigenvalue weighted by Gasteiger charge is 2.19. The van der Waals surface area contributed by atoms with Gasteiger partial charge >= 0.3 is 6.03 Å². The number of benzene rings is 1. The molecular formula is C17H25N5O4S. The lowest BCUT2D eigenvalue weighted by molar-refractivity contribution is 0.252. The van der Waals surface area contributed by atoms with Crippen LogP contribution < -0.4 is 15.4 Å². The number of nitrogens with zero attached hydrogens (tertiary/aromatic N) is 2. The number of nitrogens with one attached hydrogen (secondary N) is 3. The SMILES string of the molecule is COc1ccc(S(=O)(=O)N(C)C)cc1NC(=O)NCCCc1cn[nH]c1C. The van der Waals surface area contributed by atoms with Gasteiger partial charge in [-0.1, -0.05) is 0 Å². The number of carbonyl (C=O) groups excluding carboxylic acids is 1. The molecule has 0 saturated carbocycles. The fourth-order valence-electron chi connectivity index (χ4n) is 2.43. The fraction of sp³-hybridized carbons (Fsp3) is 0.412. The highest BCUT2D eigenvalue weighted by Crippen LogP contribution is 2.28. The molecule has 0 aliphatic carbocycles. The first-order chi connectivity index (χ1) is 12.8. The predicted molar refractivity (Wildman–Crippen MR) is 103 cm³/mol. The Labute approximate surface area is 159 Å². The van der Waals surface area contributed by atoms with E-state index in [1.165, 1.54) is 39.4 Å². The topological polar surface area (TPSA) is 116 Å². The lowest BCUT2D eigenvalue weighted by atomic mass is 10.1. The first-order valence-corrected chi connectivity index (χ1v) is 9.84. The molecule has 9 nitrogen and oxygen atoms in total. The van der Waals surface area contributed by atoms with Crippen LogP contribution in [0.2, 0.25) is 0 Å². The van der Waals surface area contributed by atoms with Crippen LogP contribution in [-0.2, 0) is 16.4 Å². The monoisotopic (exact) mass is 395 g/mol. The number of ether oxygens (including phenoxy) is 1. The second kappa shape index (κ2) is 8.87. The molecule has 0 aliphatic rings. The number of carbonyl (C=O) groups is 1. The van der Waals surface area contributed by atoms with Crippen LogP contribution in [0.3, 0.4) is 0 Å². The summed E-state index contributed by atoms with van der Waals surface area (Å²) in [7, 11) is 0.728. The van der Waals surface area contributed by atoms with Crippen molar-refractivity contribution in [2.75, 3.05) is 33.1 Å². The van der Waals surface area contributed by atoms with Crippen molar-refractivity contribution in [3.8, 4) is 5.75 Å². The third-order valence-electron chi connectivity index (χ3n) is 4.04. The summed E-state index contributed by atoms with van der Waals surface area (Å²) in [5.41, 5.74) is 2.41. The maximum absolute atomic E-state index is 12.3. The van der Waals surface area contributed by atoms with Crippen molar-refractivity contribution in [1.82, 2.24) is 19.8 Å². The smallest absolute Gasteiger partial charge is 0.319 e. The number of H-pyrrole nitrogens is 1. The molecule has 0 aliphatic heterocycles. The van der Waals surface area contributed by atoms with Gasteiger partial charge in [-0.05, 0) is 43.5 Å². The Kier molecular flexibility index (Phi) is 6.81. The average molecular weight is 395 g/mol. The number of aryl methyl sites for hydroxylation is 2. The Morgan fingerprint density at radius 1 is 1.33 bits per heavy atom. The van der Waals surface area contributed by atoms with Gasteiger partial charge in [0.05, 0.1) is 23.9 Å². The minimum absolute atomic E-state index is 0.0685. The highest BCUT2D eigenvalue weighted by atomic mass is 32.2. The molecule has 0 radical (unpaired) electrons. The lowest BCUT2D eigenvalue weighted by Crippen LogP contribution is -2.30. The van der Waals surface area contributed by atoms with E-state index < -0.39 is 16.1 Å². The van der Waals surface area contributed by atoms with Gasteiger partial charge < -0.3 is 15.4 Å². The number of anilines is 1. The van der Waals surface area contributed by atoms with Gasteiger partial charge in [-0.2, -0.15) is 5.10 Å². The number of aromatic amines is 1. The molecule has 1 aromatic carbocycles. The van der Waals surface area contributed by atoms with Gasteiger partial charge in [0.1, 0.15) is 5.75 Å². The quantitative estimate of drug-likeness (QED) is 0.589. The number of rotatable bonds is 8. The van der Waals surface area contributed by atoms with Gasteiger partial charge in [0.15, 0.2) is 0 Å². The summed E-state index contributed by atoms with van der Waals surface area (Å²) in [5.74, 6) is 0.372. The van der Waals surface area contributed by atoms with Crippen molar-refractivity contribution >= 4 is 21.7 Å². The number of hydrogen-bond acceptors (Lipinski definition) is 5. The van der Waals surface area contributed by atoms with Crippen molar-refractivity contribution in [2.24, 2.45) is 0 Å². The van der Waals surface area contributed by atoms with Crippen LogP contribution in [0, 0.1) is 6.92 Å². The van der Waals surface area contributed by atoms with Crippen LogP contribution >= 0.6 is 0 Å². The van der Waals surface area contributed by atoms with Gasteiger partial charge in [-0.3, -0.25) is 5.10 Å². The Morgan fingerprint density at radius 3 is 2.67 bits per heavy atom. The molecule has 0 spiro atoms. The van der Waals surface area contributed by atoms with Crippen LogP contribution in [0.5, 0.6) is 5.75 Å². The summed E-state index contributed by atoms with van der Waals surface area (Å²) in [6.45, 7) is 2.41. The zero-order valence-corrected chi connectivity index (χ0v) is 16.7. The summed E-state index contributed by atoms with van der Waals surface area (Å²) >= 11 is 0. The molecular weight excluding hydrogens is 370 g/mol. The number of urea groups is 1. The molecule has 3 N–H and O–H groups in total. The molecule has 0 unspecified atom stereocenters. The van der Waals surface area contributed by atoms with Gasteiger partial charge in [-0.25, -0.2) is 17.5 Å². The molecule has 0 bridgehead atoms. The molecule has 0 fully saturated rings. The second-order valence-electron chi connectivity index (χ2n) is 6.15. The normalized spacial score (nSPS) is 11.4. The minimum Gasteiger partial charge on any atom is -0.495 e. The van der Waals surface area contributed by atoms with Gasteiger partial charge in [0.25, 0.3) is 0 Å². The van der Waals surface area contributed by atoms with Crippen molar-refractivity contribution in [2.45, 2.75) is 24.7 Å². The van der Waals surface area contributed by atoms with E-state index in [1.54, 1.807) is 6.20 Å². The molecule has 148 valence electrons. The Hall–Kier alpha value is -2.59. The summed E-state index contributed by atoms with van der Waals surface area (Å²) < 4.78 is 30.8. The first kappa shape index (κ1) is 20.7. The highest BCUT2D eigenvalue weighted by molar-refractivity contribution is 7.89. The first-order valence-electron chi connectivity index (χ1n) is 8.40. The zero-order chi connectivity index (χ0) is 20.0. The van der Waals surface area contributed by atoms with Crippen molar-refractivity contribution in [3.05, 3.63) is 35.7 Å². The second-order valence-corrected chi connectivity index (χ2v) is 8.31. The molecule has 2 rings (SSSR count). The maximum atomic E-state index is 12.3. The molecule has 0 saturated heterocycles. The fourth-order valence-corrected chi connectivity index (χ4v) is 3.36. The predicted octanol–water partition coefficient (Wildman–Crippen LogP) is 1.73. The summed E-state index contributed by atoms with van der Waals surface area (Å²) in [4.78, 5) is 12.2. The largest absolute Gasteiger partial charge is 0.495 e. The molecule has 10 heteroatoms. The summed E-state index contributed by atoms with van der Waals surface area (Å²) in [5, 5.41) is 12.2. The molecule has 2 amide bonds. The number of amides is 2. The minimum atomic E-state index is -3.61. The van der Waals surface area contributed by atoms with E-state index in [9.17, 15) is 13.2 Å². The lowest BCUT2D eigenvalue weighted by Gasteiger charge is -2.15. The van der Waals surface area contributed by atoms with Gasteiger partial charge in [0.2, 0.25) is 10.0 Å². The average Bonchev–Trinajstić information content (AvgIpc) is 3.03. The van der Waals surface area contributed by atoms with Crippen LogP contribution in [-0.4, -0.2) is 56.7 Å². The van der Waals surface area contributed by atoms with Crippen LogP contribution in [0.4, 0.5) is 10.5 Å². The maximum Gasteiger partial charge on any atom is 0.319 e. The van der Waals surface area contributed by atoms with Gasteiger partial charge in [0, 0.05) is 26.3 Å². The number of aromatic nitrogens is 2. The van der Waals surface area contributed by atoms with Crippen molar-refractivity contribution in [1.29, 1.82) is 0 Å². The van der Waals surface area contributed by atoms with Crippen molar-refractivity contribution < 1.29 is 17.9 Å². The Balaban J connectivity index is 1.98.